The number of ether oxygens (including phenoxy) is 1. The molecule has 3 rings (SSSR count). The second kappa shape index (κ2) is 6.27. The van der Waals surface area contributed by atoms with Crippen LogP contribution < -0.4 is 5.32 Å². The Bertz CT molecular complexity index is 746. The molecule has 0 atom stereocenters. The Balaban J connectivity index is 1.68. The molecule has 1 aliphatic heterocycles. The predicted molar refractivity (Wildman–Crippen MR) is 91.2 cm³/mol. The van der Waals surface area contributed by atoms with E-state index in [1.54, 1.807) is 11.0 Å². The van der Waals surface area contributed by atoms with Crippen molar-refractivity contribution in [3.63, 3.8) is 0 Å². The molecule has 2 N–H and O–H groups in total. The fraction of sp³-hybridized carbons (Fsp3) is 0.438. The molecule has 0 fully saturated rings. The van der Waals surface area contributed by atoms with Gasteiger partial charge in [-0.05, 0) is 38.6 Å². The first-order valence-electron chi connectivity index (χ1n) is 7.72. The van der Waals surface area contributed by atoms with E-state index in [4.69, 9.17) is 4.74 Å². The Morgan fingerprint density at radius 3 is 2.88 bits per heavy atom. The van der Waals surface area contributed by atoms with Gasteiger partial charge >= 0.3 is 6.09 Å². The van der Waals surface area contributed by atoms with Crippen LogP contribution in [0.25, 0.3) is 0 Å². The number of nitrogens with one attached hydrogen (secondary N) is 2. The van der Waals surface area contributed by atoms with E-state index in [2.05, 4.69) is 15.5 Å². The first kappa shape index (κ1) is 16.5. The maximum atomic E-state index is 12.2. The number of rotatable bonds is 2. The van der Waals surface area contributed by atoms with E-state index in [9.17, 15) is 9.59 Å². The quantitative estimate of drug-likeness (QED) is 0.873. The van der Waals surface area contributed by atoms with Crippen molar-refractivity contribution in [3.05, 3.63) is 33.6 Å². The zero-order valence-electron chi connectivity index (χ0n) is 13.9. The number of carbonyl (C=O) groups excluding carboxylic acids is 2. The van der Waals surface area contributed by atoms with Crippen molar-refractivity contribution < 1.29 is 14.3 Å². The molecule has 0 bridgehead atoms. The van der Waals surface area contributed by atoms with Crippen molar-refractivity contribution in [3.8, 4) is 0 Å². The zero-order valence-corrected chi connectivity index (χ0v) is 14.7. The van der Waals surface area contributed by atoms with Gasteiger partial charge in [0.15, 0.2) is 5.82 Å². The second-order valence-corrected chi connectivity index (χ2v) is 7.56. The van der Waals surface area contributed by atoms with Crippen LogP contribution in [0.3, 0.4) is 0 Å². The Morgan fingerprint density at radius 1 is 1.42 bits per heavy atom. The highest BCUT2D eigenvalue weighted by Gasteiger charge is 2.28. The third kappa shape index (κ3) is 3.59. The Labute approximate surface area is 144 Å². The molecule has 1 aliphatic rings. The monoisotopic (exact) mass is 348 g/mol. The van der Waals surface area contributed by atoms with Crippen LogP contribution >= 0.6 is 11.3 Å². The lowest BCUT2D eigenvalue weighted by atomic mass is 10.1. The summed E-state index contributed by atoms with van der Waals surface area (Å²) in [7, 11) is 0. The second-order valence-electron chi connectivity index (χ2n) is 6.61. The molecule has 128 valence electrons. The number of aromatic amines is 1. The van der Waals surface area contributed by atoms with Crippen LogP contribution in [0, 0.1) is 0 Å². The number of anilines is 1. The summed E-state index contributed by atoms with van der Waals surface area (Å²) in [6.45, 7) is 6.45. The van der Waals surface area contributed by atoms with Gasteiger partial charge in [-0.2, -0.15) is 5.10 Å². The summed E-state index contributed by atoms with van der Waals surface area (Å²) in [5.74, 6) is 0.362. The number of fused-ring (bicyclic) bond motifs is 1. The fourth-order valence-corrected chi connectivity index (χ4v) is 3.10. The summed E-state index contributed by atoms with van der Waals surface area (Å²) in [6, 6.07) is 3.60. The van der Waals surface area contributed by atoms with Crippen LogP contribution in [0.15, 0.2) is 17.5 Å². The van der Waals surface area contributed by atoms with E-state index in [1.807, 2.05) is 32.2 Å². The van der Waals surface area contributed by atoms with E-state index in [1.165, 1.54) is 11.3 Å². The molecule has 0 aliphatic carbocycles. The lowest BCUT2D eigenvalue weighted by molar-refractivity contribution is 0.0221. The van der Waals surface area contributed by atoms with Gasteiger partial charge in [0.05, 0.1) is 17.1 Å². The largest absolute Gasteiger partial charge is 0.444 e. The van der Waals surface area contributed by atoms with Gasteiger partial charge in [0, 0.05) is 12.1 Å². The number of amides is 2. The van der Waals surface area contributed by atoms with Crippen molar-refractivity contribution in [2.24, 2.45) is 0 Å². The molecule has 0 aromatic carbocycles. The Hall–Kier alpha value is -2.35. The van der Waals surface area contributed by atoms with Crippen LogP contribution in [0.5, 0.6) is 0 Å². The highest BCUT2D eigenvalue weighted by molar-refractivity contribution is 7.12. The first-order chi connectivity index (χ1) is 11.3. The summed E-state index contributed by atoms with van der Waals surface area (Å²) >= 11 is 1.38. The normalized spacial score (nSPS) is 14.2. The predicted octanol–water partition coefficient (Wildman–Crippen LogP) is 3.02. The minimum absolute atomic E-state index is 0.172. The molecular formula is C16H20N4O3S. The first-order valence-corrected chi connectivity index (χ1v) is 8.60. The molecule has 2 aromatic heterocycles. The molecule has 24 heavy (non-hydrogen) atoms. The summed E-state index contributed by atoms with van der Waals surface area (Å²) in [6.07, 6.45) is 0.275. The summed E-state index contributed by atoms with van der Waals surface area (Å²) in [4.78, 5) is 26.6. The van der Waals surface area contributed by atoms with Gasteiger partial charge in [-0.15, -0.1) is 11.3 Å². The average molecular weight is 348 g/mol. The topological polar surface area (TPSA) is 87.3 Å². The summed E-state index contributed by atoms with van der Waals surface area (Å²) in [5, 5.41) is 11.8. The number of H-pyrrole nitrogens is 1. The third-order valence-corrected chi connectivity index (χ3v) is 4.43. The van der Waals surface area contributed by atoms with Crippen molar-refractivity contribution in [2.75, 3.05) is 11.9 Å². The van der Waals surface area contributed by atoms with E-state index in [0.29, 0.717) is 30.2 Å². The maximum Gasteiger partial charge on any atom is 0.410 e. The van der Waals surface area contributed by atoms with E-state index >= 15 is 0 Å². The number of carbonyl (C=O) groups is 2. The van der Waals surface area contributed by atoms with Crippen LogP contribution in [-0.2, 0) is 17.7 Å². The zero-order chi connectivity index (χ0) is 17.3. The van der Waals surface area contributed by atoms with Gasteiger partial charge in [-0.25, -0.2) is 4.79 Å². The smallest absolute Gasteiger partial charge is 0.410 e. The molecular weight excluding hydrogens is 328 g/mol. The molecule has 0 unspecified atom stereocenters. The van der Waals surface area contributed by atoms with Gasteiger partial charge < -0.3 is 15.0 Å². The lowest BCUT2D eigenvalue weighted by Crippen LogP contribution is -2.39. The fourth-order valence-electron chi connectivity index (χ4n) is 2.48. The minimum atomic E-state index is -0.523. The molecule has 0 spiro atoms. The van der Waals surface area contributed by atoms with Crippen LogP contribution in [0.2, 0.25) is 0 Å². The van der Waals surface area contributed by atoms with Gasteiger partial charge in [0.2, 0.25) is 0 Å². The van der Waals surface area contributed by atoms with E-state index < -0.39 is 5.60 Å². The molecule has 3 heterocycles. The number of thiophene rings is 1. The lowest BCUT2D eigenvalue weighted by Gasteiger charge is -2.29. The maximum absolute atomic E-state index is 12.2. The Morgan fingerprint density at radius 2 is 2.21 bits per heavy atom. The molecule has 2 amide bonds. The molecule has 0 radical (unpaired) electrons. The molecule has 7 nitrogen and oxygen atoms in total. The minimum Gasteiger partial charge on any atom is -0.444 e. The van der Waals surface area contributed by atoms with Gasteiger partial charge in [0.1, 0.15) is 5.60 Å². The molecule has 8 heteroatoms. The van der Waals surface area contributed by atoms with Gasteiger partial charge in [-0.3, -0.25) is 9.89 Å². The van der Waals surface area contributed by atoms with Crippen molar-refractivity contribution in [1.82, 2.24) is 15.1 Å². The highest BCUT2D eigenvalue weighted by Crippen LogP contribution is 2.25. The van der Waals surface area contributed by atoms with E-state index in [-0.39, 0.29) is 12.0 Å². The van der Waals surface area contributed by atoms with Gasteiger partial charge in [-0.1, -0.05) is 6.07 Å². The number of nitrogens with zero attached hydrogens (tertiary/aromatic N) is 2. The molecule has 0 saturated carbocycles. The standard InChI is InChI=1S/C16H20N4O3S/c1-16(2,3)23-15(22)20-7-6-10-11(9-20)18-19-13(10)17-14(21)12-5-4-8-24-12/h4-5,8H,6-7,9H2,1-3H3,(H2,17,18,19,21). The number of hydrogen-bond donors (Lipinski definition) is 2. The Kier molecular flexibility index (Phi) is 4.31. The number of aromatic nitrogens is 2. The van der Waals surface area contributed by atoms with Gasteiger partial charge in [0.25, 0.3) is 5.91 Å². The van der Waals surface area contributed by atoms with Crippen LogP contribution in [0.1, 0.15) is 41.7 Å². The van der Waals surface area contributed by atoms with E-state index in [0.717, 1.165) is 11.3 Å². The van der Waals surface area contributed by atoms with Crippen molar-refractivity contribution in [1.29, 1.82) is 0 Å². The van der Waals surface area contributed by atoms with Crippen molar-refractivity contribution in [2.45, 2.75) is 39.3 Å². The average Bonchev–Trinajstić information content (AvgIpc) is 3.15. The SMILES string of the molecule is CC(C)(C)OC(=O)N1CCc2c(NC(=O)c3cccs3)n[nH]c2C1. The van der Waals surface area contributed by atoms with Crippen LogP contribution in [-0.4, -0.2) is 39.2 Å². The molecule has 2 aromatic rings. The number of hydrogen-bond acceptors (Lipinski definition) is 5. The molecule has 0 saturated heterocycles. The summed E-state index contributed by atoms with van der Waals surface area (Å²) in [5.41, 5.74) is 1.25. The summed E-state index contributed by atoms with van der Waals surface area (Å²) < 4.78 is 5.40. The highest BCUT2D eigenvalue weighted by atomic mass is 32.1. The van der Waals surface area contributed by atoms with Crippen molar-refractivity contribution >= 4 is 29.2 Å². The van der Waals surface area contributed by atoms with Crippen LogP contribution in [0.4, 0.5) is 10.6 Å². The third-order valence-electron chi connectivity index (χ3n) is 3.56.